The van der Waals surface area contributed by atoms with Crippen LogP contribution in [0.1, 0.15) is 139 Å². The maximum atomic E-state index is 2.33. The second-order valence-electron chi connectivity index (χ2n) is 24.8. The molecule has 0 aromatic rings. The van der Waals surface area contributed by atoms with Crippen molar-refractivity contribution in [3.8, 4) is 0 Å². The smallest absolute Gasteiger partial charge is 0.0831 e. The topological polar surface area (TPSA) is 60.0 Å². The first kappa shape index (κ1) is 84.2. The van der Waals surface area contributed by atoms with Crippen molar-refractivity contribution in [3.05, 3.63) is 0 Å². The van der Waals surface area contributed by atoms with Gasteiger partial charge in [-0.15, -0.1) is 0 Å². The molecule has 52 heavy (non-hydrogen) atoms. The predicted molar refractivity (Wildman–Crippen MR) is 229 cm³/mol. The predicted octanol–water partition coefficient (Wildman–Crippen LogP) is 5.02. The number of hydrogen-bond acceptors (Lipinski definition) is 2. The molecule has 0 atom stereocenters. The van der Waals surface area contributed by atoms with Crippen LogP contribution in [0.3, 0.4) is 0 Å². The zero-order valence-corrected chi connectivity index (χ0v) is 39.5. The lowest BCUT2D eigenvalue weighted by molar-refractivity contribution is -0.902. The molecule has 0 unspecified atom stereocenters. The molecule has 0 rings (SSSR count). The fraction of sp³-hybridized carbons (Fsp3) is 1.00. The monoisotopic (exact) mass is 777 g/mol. The molecular formula is C42H108F4N4O2. The highest BCUT2D eigenvalue weighted by atomic mass is 19.0. The van der Waals surface area contributed by atoms with Crippen LogP contribution in [0.15, 0.2) is 0 Å². The Kier molecular flexibility index (Phi) is 46.7. The second-order valence-corrected chi connectivity index (χ2v) is 24.8. The fourth-order valence-electron chi connectivity index (χ4n) is 8.09. The zero-order chi connectivity index (χ0) is 37.2. The molecule has 0 aromatic carbocycles. The average Bonchev–Trinajstić information content (AvgIpc) is 2.36. The Hall–Kier alpha value is -0.520. The first-order chi connectivity index (χ1) is 18.2. The van der Waals surface area contributed by atoms with Gasteiger partial charge >= 0.3 is 0 Å². The van der Waals surface area contributed by atoms with E-state index in [0.717, 1.165) is 17.9 Å². The van der Waals surface area contributed by atoms with E-state index in [-0.39, 0.29) is 44.6 Å². The van der Waals surface area contributed by atoms with E-state index in [1.54, 1.807) is 0 Å². The number of halogens is 4. The third kappa shape index (κ3) is 92.4. The van der Waals surface area contributed by atoms with Crippen molar-refractivity contribution in [1.29, 1.82) is 0 Å². The largest absolute Gasteiger partial charge is 1.00 e. The van der Waals surface area contributed by atoms with E-state index in [2.05, 4.69) is 195 Å². The molecule has 0 fully saturated rings. The van der Waals surface area contributed by atoms with Crippen molar-refractivity contribution < 1.29 is 47.7 Å². The minimum Gasteiger partial charge on any atom is -1.00 e. The summed E-state index contributed by atoms with van der Waals surface area (Å²) in [5.74, 6) is 0. The van der Waals surface area contributed by atoms with Crippen molar-refractivity contribution in [2.24, 2.45) is 32.5 Å². The van der Waals surface area contributed by atoms with Gasteiger partial charge in [-0.2, -0.15) is 0 Å². The van der Waals surface area contributed by atoms with Crippen LogP contribution < -0.4 is 9.41 Å². The van der Waals surface area contributed by atoms with E-state index < -0.39 is 0 Å². The number of nitrogens with zero attached hydrogens (tertiary/aromatic N) is 4. The molecule has 2 N–H and O–H groups in total. The van der Waals surface area contributed by atoms with Crippen LogP contribution in [-0.2, 0) is 0 Å². The number of quaternary nitrogens is 4. The highest BCUT2D eigenvalue weighted by Gasteiger charge is 2.30. The molecule has 0 spiro atoms. The Bertz CT molecular complexity index is 640. The average molecular weight is 777 g/mol. The van der Waals surface area contributed by atoms with E-state index in [4.69, 9.17) is 0 Å². The molecule has 0 aliphatic heterocycles. The lowest BCUT2D eigenvalue weighted by Crippen LogP contribution is -3.00. The summed E-state index contributed by atoms with van der Waals surface area (Å²) in [7, 11) is 22.7. The number of hydrogen-bond donors (Lipinski definition) is 0. The van der Waals surface area contributed by atoms with Crippen LogP contribution in [0.5, 0.6) is 0 Å². The van der Waals surface area contributed by atoms with Gasteiger partial charge in [0.2, 0.25) is 0 Å². The molecule has 6 nitrogen and oxygen atoms in total. The van der Waals surface area contributed by atoms with Gasteiger partial charge in [0.1, 0.15) is 0 Å². The van der Waals surface area contributed by atoms with Gasteiger partial charge in [0.25, 0.3) is 0 Å². The van der Waals surface area contributed by atoms with E-state index in [9.17, 15) is 0 Å². The Morgan fingerprint density at radius 3 is 0.404 bits per heavy atom. The second kappa shape index (κ2) is 28.8. The summed E-state index contributed by atoms with van der Waals surface area (Å²) in [6.45, 7) is 48.8. The van der Waals surface area contributed by atoms with Crippen LogP contribution in [0, 0.1) is 32.5 Å². The van der Waals surface area contributed by atoms with Gasteiger partial charge in [-0.3, -0.25) is 9.41 Å². The van der Waals surface area contributed by atoms with E-state index in [1.807, 2.05) is 0 Å². The highest BCUT2D eigenvalue weighted by Crippen LogP contribution is 2.25. The first-order valence-corrected chi connectivity index (χ1v) is 17.5. The van der Waals surface area contributed by atoms with E-state index in [1.165, 1.54) is 39.3 Å². The molecule has 0 amide bonds. The van der Waals surface area contributed by atoms with Crippen LogP contribution in [-0.4, -0.2) is 139 Å². The summed E-state index contributed by atoms with van der Waals surface area (Å²) >= 11 is 0. The van der Waals surface area contributed by atoms with Crippen LogP contribution in [0.4, 0.5) is 9.41 Å². The normalized spacial score (nSPS) is 12.2. The van der Waals surface area contributed by atoms with Crippen molar-refractivity contribution in [3.63, 3.8) is 0 Å². The Balaban J connectivity index is -0.0000000395. The van der Waals surface area contributed by atoms with Gasteiger partial charge in [0.15, 0.2) is 0 Å². The standard InChI is InChI=1S/2C12H28N.2C8H20N.2CH4.4FH.2H2O/c2*1-11(2,3)9-13(7,8)10-12(4,5)6;2*1-8(2,3)7-9(4,5)6;;;;;;;;/h2*9-10H2,1-8H3;2*7H2,1-6H3;2*1H4;4*1H;2*1H2/q4*+1;;;;;;;;/p-4. The highest BCUT2D eigenvalue weighted by molar-refractivity contribution is 4.65. The molecule has 0 heterocycles. The summed E-state index contributed by atoms with van der Waals surface area (Å²) in [5, 5.41) is 0. The maximum absolute atomic E-state index is 2.33. The summed E-state index contributed by atoms with van der Waals surface area (Å²) in [4.78, 5) is 0. The fourth-order valence-corrected chi connectivity index (χ4v) is 8.09. The van der Waals surface area contributed by atoms with Gasteiger partial charge in [-0.05, 0) is 0 Å². The van der Waals surface area contributed by atoms with Gasteiger partial charge in [0.05, 0.1) is 110 Å². The van der Waals surface area contributed by atoms with Crippen molar-refractivity contribution in [1.82, 2.24) is 0 Å². The number of rotatable bonds is 6. The van der Waals surface area contributed by atoms with Crippen LogP contribution >= 0.6 is 0 Å². The van der Waals surface area contributed by atoms with Crippen molar-refractivity contribution >= 4 is 0 Å². The zero-order valence-electron chi connectivity index (χ0n) is 39.5. The Labute approximate surface area is 328 Å². The molecule has 336 valence electrons. The lowest BCUT2D eigenvalue weighted by Gasteiger charge is -2.39. The molecule has 0 saturated carbocycles. The third-order valence-electron chi connectivity index (χ3n) is 5.51. The molecule has 0 aliphatic rings. The summed E-state index contributed by atoms with van der Waals surface area (Å²) in [6.07, 6.45) is 0. The van der Waals surface area contributed by atoms with Gasteiger partial charge < -0.3 is 38.3 Å². The van der Waals surface area contributed by atoms with Crippen LogP contribution in [0.2, 0.25) is 0 Å². The SMILES string of the molecule is C.C.CC(C)(C)C[N+](C)(C)C.CC(C)(C)C[N+](C)(C)C.CC(C)(C)C[N+](C)(C)CC(C)(C)C.CC(C)(C)C[N+](C)(C)CC(C)(C)C.F.F.[F-].[F-].[OH-].[OH-]. The van der Waals surface area contributed by atoms with Gasteiger partial charge in [-0.25, -0.2) is 0 Å². The molecular weight excluding hydrogens is 668 g/mol. The molecule has 0 aromatic heterocycles. The quantitative estimate of drug-likeness (QED) is 0.282. The molecule has 0 saturated heterocycles. The van der Waals surface area contributed by atoms with Gasteiger partial charge in [0, 0.05) is 32.5 Å². The third-order valence-corrected chi connectivity index (χ3v) is 5.51. The Morgan fingerprint density at radius 1 is 0.269 bits per heavy atom. The maximum Gasteiger partial charge on any atom is 0.0831 e. The van der Waals surface area contributed by atoms with Crippen molar-refractivity contribution in [2.75, 3.05) is 110 Å². The summed E-state index contributed by atoms with van der Waals surface area (Å²) in [5.41, 5.74) is 2.61. The van der Waals surface area contributed by atoms with Gasteiger partial charge in [-0.1, -0.05) is 139 Å². The minimum absolute atomic E-state index is 0. The van der Waals surface area contributed by atoms with Crippen molar-refractivity contribution in [2.45, 2.75) is 139 Å². The van der Waals surface area contributed by atoms with Crippen LogP contribution in [0.25, 0.3) is 0 Å². The molecule has 0 bridgehead atoms. The summed E-state index contributed by atoms with van der Waals surface area (Å²) in [6, 6.07) is 0. The van der Waals surface area contributed by atoms with E-state index >= 15 is 0 Å². The molecule has 10 heteroatoms. The lowest BCUT2D eigenvalue weighted by atomic mass is 9.91. The Morgan fingerprint density at radius 2 is 0.365 bits per heavy atom. The molecule has 0 radical (unpaired) electrons. The summed E-state index contributed by atoms with van der Waals surface area (Å²) < 4.78 is 4.35. The van der Waals surface area contributed by atoms with E-state index in [0.29, 0.717) is 32.5 Å². The first-order valence-electron chi connectivity index (χ1n) is 17.5. The molecule has 0 aliphatic carbocycles. The minimum atomic E-state index is 0.